The van der Waals surface area contributed by atoms with Crippen LogP contribution in [0.3, 0.4) is 0 Å². The maximum Gasteiger partial charge on any atom is 0.0954 e. The molecule has 1 saturated heterocycles. The summed E-state index contributed by atoms with van der Waals surface area (Å²) in [6, 6.07) is 0. The van der Waals surface area contributed by atoms with Crippen LogP contribution in [0, 0.1) is 0 Å². The van der Waals surface area contributed by atoms with Crippen LogP contribution >= 0.6 is 0 Å². The van der Waals surface area contributed by atoms with E-state index in [-0.39, 0.29) is 0 Å². The molecule has 0 aromatic carbocycles. The lowest BCUT2D eigenvalue weighted by molar-refractivity contribution is 0.161. The molecule has 2 aliphatic heterocycles. The summed E-state index contributed by atoms with van der Waals surface area (Å²) in [5.41, 5.74) is 2.46. The predicted octanol–water partition coefficient (Wildman–Crippen LogP) is 1.78. The van der Waals surface area contributed by atoms with Gasteiger partial charge in [-0.15, -0.1) is 0 Å². The van der Waals surface area contributed by atoms with Crippen LogP contribution in [0.4, 0.5) is 0 Å². The highest BCUT2D eigenvalue weighted by atomic mass is 16.5. The number of rotatable bonds is 4. The molecule has 0 radical (unpaired) electrons. The van der Waals surface area contributed by atoms with Gasteiger partial charge < -0.3 is 14.2 Å². The Balaban J connectivity index is 1.57. The van der Waals surface area contributed by atoms with E-state index in [2.05, 4.69) is 26.7 Å². The van der Waals surface area contributed by atoms with Crippen LogP contribution in [-0.4, -0.2) is 47.3 Å². The highest BCUT2D eigenvalue weighted by molar-refractivity contribution is 5.62. The molecule has 0 aliphatic carbocycles. The fourth-order valence-corrected chi connectivity index (χ4v) is 2.67. The van der Waals surface area contributed by atoms with E-state index in [0.717, 1.165) is 38.4 Å². The molecule has 3 rings (SSSR count). The molecule has 0 amide bonds. The van der Waals surface area contributed by atoms with E-state index in [1.165, 1.54) is 31.5 Å². The van der Waals surface area contributed by atoms with Crippen LogP contribution < -0.4 is 0 Å². The van der Waals surface area contributed by atoms with Crippen molar-refractivity contribution < 1.29 is 4.74 Å². The molecule has 0 bridgehead atoms. The summed E-state index contributed by atoms with van der Waals surface area (Å²) in [5, 5.41) is 0. The molecule has 4 nitrogen and oxygen atoms in total. The van der Waals surface area contributed by atoms with E-state index in [1.54, 1.807) is 0 Å². The van der Waals surface area contributed by atoms with Crippen LogP contribution in [-0.2, 0) is 11.3 Å². The summed E-state index contributed by atoms with van der Waals surface area (Å²) in [7, 11) is 0. The Morgan fingerprint density at radius 3 is 2.89 bits per heavy atom. The van der Waals surface area contributed by atoms with Crippen molar-refractivity contribution in [2.75, 3.05) is 32.8 Å². The quantitative estimate of drug-likeness (QED) is 0.812. The topological polar surface area (TPSA) is 30.3 Å². The number of aromatic nitrogens is 2. The van der Waals surface area contributed by atoms with Crippen molar-refractivity contribution in [3.8, 4) is 0 Å². The standard InChI is InChI=1S/C14H21N3O/c1-2-6-16(5-1)7-8-17-11-14(15-12-17)13-3-9-18-10-4-13/h3,11-12H,1-2,4-10H2. The molecule has 1 aromatic rings. The van der Waals surface area contributed by atoms with Gasteiger partial charge in [0.05, 0.1) is 25.2 Å². The average Bonchev–Trinajstić information content (AvgIpc) is 3.09. The van der Waals surface area contributed by atoms with Crippen LogP contribution in [0.15, 0.2) is 18.6 Å². The van der Waals surface area contributed by atoms with Gasteiger partial charge in [0.2, 0.25) is 0 Å². The molecule has 0 unspecified atom stereocenters. The van der Waals surface area contributed by atoms with E-state index < -0.39 is 0 Å². The molecular formula is C14H21N3O. The molecule has 0 N–H and O–H groups in total. The van der Waals surface area contributed by atoms with Crippen LogP contribution in [0.1, 0.15) is 25.0 Å². The van der Waals surface area contributed by atoms with Gasteiger partial charge >= 0.3 is 0 Å². The van der Waals surface area contributed by atoms with Gasteiger partial charge in [-0.25, -0.2) is 4.98 Å². The lowest BCUT2D eigenvalue weighted by Gasteiger charge is -2.14. The summed E-state index contributed by atoms with van der Waals surface area (Å²) in [5.74, 6) is 0. The molecule has 0 saturated carbocycles. The van der Waals surface area contributed by atoms with Gasteiger partial charge in [-0.3, -0.25) is 0 Å². The molecule has 0 spiro atoms. The first-order chi connectivity index (χ1) is 8.92. The van der Waals surface area contributed by atoms with Gasteiger partial charge in [-0.05, 0) is 37.9 Å². The van der Waals surface area contributed by atoms with Crippen molar-refractivity contribution in [2.24, 2.45) is 0 Å². The second-order valence-corrected chi connectivity index (χ2v) is 5.10. The van der Waals surface area contributed by atoms with Crippen LogP contribution in [0.2, 0.25) is 0 Å². The summed E-state index contributed by atoms with van der Waals surface area (Å²) >= 11 is 0. The highest BCUT2D eigenvalue weighted by Crippen LogP contribution is 2.19. The zero-order valence-electron chi connectivity index (χ0n) is 10.8. The third-order valence-electron chi connectivity index (χ3n) is 3.80. The predicted molar refractivity (Wildman–Crippen MR) is 71.3 cm³/mol. The first kappa shape index (κ1) is 11.9. The fourth-order valence-electron chi connectivity index (χ4n) is 2.67. The van der Waals surface area contributed by atoms with Gasteiger partial charge in [-0.1, -0.05) is 6.08 Å². The van der Waals surface area contributed by atoms with Crippen molar-refractivity contribution in [1.29, 1.82) is 0 Å². The molecule has 4 heteroatoms. The Morgan fingerprint density at radius 1 is 1.22 bits per heavy atom. The third-order valence-corrected chi connectivity index (χ3v) is 3.80. The van der Waals surface area contributed by atoms with Crippen molar-refractivity contribution >= 4 is 5.57 Å². The molecule has 98 valence electrons. The Bertz CT molecular complexity index is 418. The highest BCUT2D eigenvalue weighted by Gasteiger charge is 2.12. The Hall–Kier alpha value is -1.13. The number of likely N-dealkylation sites (tertiary alicyclic amines) is 1. The Labute approximate surface area is 108 Å². The first-order valence-electron chi connectivity index (χ1n) is 6.93. The second-order valence-electron chi connectivity index (χ2n) is 5.10. The minimum absolute atomic E-state index is 0.732. The van der Waals surface area contributed by atoms with E-state index in [9.17, 15) is 0 Å². The van der Waals surface area contributed by atoms with E-state index in [1.807, 2.05) is 6.33 Å². The molecule has 18 heavy (non-hydrogen) atoms. The number of nitrogens with zero attached hydrogens (tertiary/aromatic N) is 3. The SMILES string of the molecule is C1=C(c2cn(CCN3CCCC3)cn2)CCOC1. The van der Waals surface area contributed by atoms with Gasteiger partial charge in [0.25, 0.3) is 0 Å². The monoisotopic (exact) mass is 247 g/mol. The molecule has 1 aromatic heterocycles. The van der Waals surface area contributed by atoms with Crippen molar-refractivity contribution in [3.05, 3.63) is 24.3 Å². The zero-order chi connectivity index (χ0) is 12.2. The Kier molecular flexibility index (Phi) is 3.76. The van der Waals surface area contributed by atoms with Crippen LogP contribution in [0.5, 0.6) is 0 Å². The Morgan fingerprint density at radius 2 is 2.11 bits per heavy atom. The number of hydrogen-bond donors (Lipinski definition) is 0. The van der Waals surface area contributed by atoms with Gasteiger partial charge in [0.15, 0.2) is 0 Å². The van der Waals surface area contributed by atoms with Gasteiger partial charge in [0.1, 0.15) is 0 Å². The maximum absolute atomic E-state index is 5.33. The summed E-state index contributed by atoms with van der Waals surface area (Å²) in [6.45, 7) is 6.30. The average molecular weight is 247 g/mol. The zero-order valence-corrected chi connectivity index (χ0v) is 10.8. The van der Waals surface area contributed by atoms with E-state index in [4.69, 9.17) is 4.74 Å². The number of hydrogen-bond acceptors (Lipinski definition) is 3. The minimum atomic E-state index is 0.732. The third kappa shape index (κ3) is 2.82. The van der Waals surface area contributed by atoms with Gasteiger partial charge in [0, 0.05) is 19.3 Å². The largest absolute Gasteiger partial charge is 0.377 e. The molecular weight excluding hydrogens is 226 g/mol. The summed E-state index contributed by atoms with van der Waals surface area (Å²) < 4.78 is 7.54. The van der Waals surface area contributed by atoms with Crippen molar-refractivity contribution in [2.45, 2.75) is 25.8 Å². The van der Waals surface area contributed by atoms with Crippen LogP contribution in [0.25, 0.3) is 5.57 Å². The van der Waals surface area contributed by atoms with E-state index >= 15 is 0 Å². The minimum Gasteiger partial charge on any atom is -0.377 e. The number of ether oxygens (including phenoxy) is 1. The smallest absolute Gasteiger partial charge is 0.0954 e. The van der Waals surface area contributed by atoms with Crippen molar-refractivity contribution in [3.63, 3.8) is 0 Å². The normalized spacial score (nSPS) is 21.2. The fraction of sp³-hybridized carbons (Fsp3) is 0.643. The molecule has 0 atom stereocenters. The van der Waals surface area contributed by atoms with Crippen molar-refractivity contribution in [1.82, 2.24) is 14.5 Å². The summed E-state index contributed by atoms with van der Waals surface area (Å²) in [6.07, 6.45) is 10.00. The lowest BCUT2D eigenvalue weighted by Crippen LogP contribution is -2.23. The number of imidazole rings is 1. The molecule has 1 fully saturated rings. The molecule has 3 heterocycles. The lowest BCUT2D eigenvalue weighted by atomic mass is 10.1. The first-order valence-corrected chi connectivity index (χ1v) is 6.93. The van der Waals surface area contributed by atoms with Gasteiger partial charge in [-0.2, -0.15) is 0 Å². The van der Waals surface area contributed by atoms with E-state index in [0.29, 0.717) is 0 Å². The second kappa shape index (κ2) is 5.67. The maximum atomic E-state index is 5.33. The summed E-state index contributed by atoms with van der Waals surface area (Å²) in [4.78, 5) is 7.04. The molecule has 2 aliphatic rings.